The molecule has 0 N–H and O–H groups in total. The van der Waals surface area contributed by atoms with Gasteiger partial charge >= 0.3 is 0 Å². The van der Waals surface area contributed by atoms with Crippen molar-refractivity contribution in [2.24, 2.45) is 11.8 Å². The first kappa shape index (κ1) is 9.06. The molecule has 15 heavy (non-hydrogen) atoms. The van der Waals surface area contributed by atoms with Crippen molar-refractivity contribution in [3.8, 4) is 0 Å². The number of rotatable bonds is 1. The van der Waals surface area contributed by atoms with Gasteiger partial charge in [-0.15, -0.1) is 0 Å². The number of hydrogen-bond donors (Lipinski definition) is 0. The van der Waals surface area contributed by atoms with Crippen molar-refractivity contribution in [2.75, 3.05) is 14.1 Å². The number of nitrogens with zero attached hydrogens (tertiary/aromatic N) is 2. The van der Waals surface area contributed by atoms with E-state index in [1.54, 1.807) is 19.1 Å². The molecule has 5 heteroatoms. The first-order valence-corrected chi connectivity index (χ1v) is 5.00. The van der Waals surface area contributed by atoms with Gasteiger partial charge < -0.3 is 4.74 Å². The molecule has 2 fully saturated rings. The van der Waals surface area contributed by atoms with Crippen LogP contribution in [0.15, 0.2) is 12.2 Å². The zero-order chi connectivity index (χ0) is 10.7. The van der Waals surface area contributed by atoms with E-state index in [-0.39, 0.29) is 35.9 Å². The normalized spacial score (nSPS) is 42.2. The van der Waals surface area contributed by atoms with Crippen molar-refractivity contribution in [2.45, 2.75) is 12.2 Å². The van der Waals surface area contributed by atoms with Gasteiger partial charge in [0.15, 0.2) is 0 Å². The van der Waals surface area contributed by atoms with E-state index in [1.807, 2.05) is 12.2 Å². The molecule has 0 aromatic carbocycles. The van der Waals surface area contributed by atoms with Crippen molar-refractivity contribution in [1.29, 1.82) is 0 Å². The van der Waals surface area contributed by atoms with Crippen LogP contribution in [0, 0.1) is 11.8 Å². The van der Waals surface area contributed by atoms with Crippen LogP contribution in [0.25, 0.3) is 0 Å². The Hall–Kier alpha value is -1.20. The number of fused-ring (bicyclic) bond motifs is 5. The summed E-state index contributed by atoms with van der Waals surface area (Å²) in [6, 6.07) is 0. The SMILES string of the molecule is CN(C)N1C(=O)[C@@H]2[C@H](C1=O)[C@@H]1C=C[C@@H]2O1. The molecule has 0 spiro atoms. The van der Waals surface area contributed by atoms with Crippen LogP contribution in [0.2, 0.25) is 0 Å². The molecule has 0 unspecified atom stereocenters. The molecular weight excluding hydrogens is 196 g/mol. The topological polar surface area (TPSA) is 49.9 Å². The van der Waals surface area contributed by atoms with Gasteiger partial charge in [-0.25, -0.2) is 10.0 Å². The van der Waals surface area contributed by atoms with Crippen LogP contribution >= 0.6 is 0 Å². The molecular formula is C10H12N2O3. The van der Waals surface area contributed by atoms with Gasteiger partial charge in [-0.2, -0.15) is 0 Å². The molecule has 3 rings (SSSR count). The Kier molecular flexibility index (Phi) is 1.62. The van der Waals surface area contributed by atoms with E-state index in [9.17, 15) is 9.59 Å². The van der Waals surface area contributed by atoms with Crippen LogP contribution < -0.4 is 0 Å². The average Bonchev–Trinajstić information content (AvgIpc) is 2.79. The highest BCUT2D eigenvalue weighted by Crippen LogP contribution is 2.45. The third-order valence-corrected chi connectivity index (χ3v) is 3.29. The molecule has 2 amide bonds. The second-order valence-corrected chi connectivity index (χ2v) is 4.34. The summed E-state index contributed by atoms with van der Waals surface area (Å²) in [5.74, 6) is -0.858. The van der Waals surface area contributed by atoms with Gasteiger partial charge in [-0.3, -0.25) is 9.59 Å². The monoisotopic (exact) mass is 208 g/mol. The summed E-state index contributed by atoms with van der Waals surface area (Å²) in [5, 5.41) is 2.77. The number of amides is 2. The highest BCUT2D eigenvalue weighted by atomic mass is 16.5. The van der Waals surface area contributed by atoms with Crippen LogP contribution in [0.1, 0.15) is 0 Å². The number of hydrogen-bond acceptors (Lipinski definition) is 4. The highest BCUT2D eigenvalue weighted by molar-refractivity contribution is 6.06. The summed E-state index contributed by atoms with van der Waals surface area (Å²) in [4.78, 5) is 24.0. The largest absolute Gasteiger partial charge is 0.365 e. The Morgan fingerprint density at radius 1 is 1.13 bits per heavy atom. The molecule has 3 aliphatic heterocycles. The van der Waals surface area contributed by atoms with Crippen molar-refractivity contribution >= 4 is 11.8 Å². The minimum Gasteiger partial charge on any atom is -0.365 e. The lowest BCUT2D eigenvalue weighted by atomic mass is 9.85. The van der Waals surface area contributed by atoms with E-state index in [2.05, 4.69) is 0 Å². The summed E-state index contributed by atoms with van der Waals surface area (Å²) >= 11 is 0. The second kappa shape index (κ2) is 2.68. The molecule has 0 radical (unpaired) electrons. The number of hydrazine groups is 1. The molecule has 3 heterocycles. The zero-order valence-electron chi connectivity index (χ0n) is 8.58. The lowest BCUT2D eigenvalue weighted by molar-refractivity contribution is -0.157. The molecule has 2 saturated heterocycles. The number of ether oxygens (including phenoxy) is 1. The number of carbonyl (C=O) groups is 2. The second-order valence-electron chi connectivity index (χ2n) is 4.34. The van der Waals surface area contributed by atoms with Gasteiger partial charge in [-0.1, -0.05) is 12.2 Å². The quantitative estimate of drug-likeness (QED) is 0.426. The molecule has 2 bridgehead atoms. The van der Waals surface area contributed by atoms with Crippen molar-refractivity contribution in [3.05, 3.63) is 12.2 Å². The predicted molar refractivity (Wildman–Crippen MR) is 50.3 cm³/mol. The predicted octanol–water partition coefficient (Wildman–Crippen LogP) is -0.599. The summed E-state index contributed by atoms with van der Waals surface area (Å²) in [7, 11) is 3.40. The fourth-order valence-electron chi connectivity index (χ4n) is 2.68. The van der Waals surface area contributed by atoms with Crippen LogP contribution in [-0.4, -0.2) is 48.1 Å². The minimum atomic E-state index is -0.296. The van der Waals surface area contributed by atoms with Crippen LogP contribution in [-0.2, 0) is 14.3 Å². The maximum absolute atomic E-state index is 12.0. The zero-order valence-corrected chi connectivity index (χ0v) is 8.58. The van der Waals surface area contributed by atoms with Gasteiger partial charge in [0.2, 0.25) is 0 Å². The number of imide groups is 1. The van der Waals surface area contributed by atoms with E-state index in [1.165, 1.54) is 5.01 Å². The fraction of sp³-hybridized carbons (Fsp3) is 0.600. The molecule has 0 aromatic rings. The summed E-state index contributed by atoms with van der Waals surface area (Å²) in [6.07, 6.45) is 3.38. The maximum atomic E-state index is 12.0. The molecule has 3 aliphatic rings. The van der Waals surface area contributed by atoms with E-state index >= 15 is 0 Å². The van der Waals surface area contributed by atoms with Gasteiger partial charge in [0.1, 0.15) is 0 Å². The third-order valence-electron chi connectivity index (χ3n) is 3.29. The Morgan fingerprint density at radius 2 is 1.60 bits per heavy atom. The summed E-state index contributed by atoms with van der Waals surface area (Å²) < 4.78 is 5.51. The Bertz CT molecular complexity index is 347. The van der Waals surface area contributed by atoms with Crippen molar-refractivity contribution in [1.82, 2.24) is 10.0 Å². The first-order chi connectivity index (χ1) is 7.11. The van der Waals surface area contributed by atoms with E-state index in [4.69, 9.17) is 4.74 Å². The minimum absolute atomic E-state index is 0.133. The maximum Gasteiger partial charge on any atom is 0.250 e. The van der Waals surface area contributed by atoms with Crippen LogP contribution in [0.3, 0.4) is 0 Å². The fourth-order valence-corrected chi connectivity index (χ4v) is 2.68. The van der Waals surface area contributed by atoms with Crippen molar-refractivity contribution < 1.29 is 14.3 Å². The first-order valence-electron chi connectivity index (χ1n) is 5.00. The van der Waals surface area contributed by atoms with Crippen LogP contribution in [0.5, 0.6) is 0 Å². The molecule has 0 aliphatic carbocycles. The molecule has 5 nitrogen and oxygen atoms in total. The van der Waals surface area contributed by atoms with E-state index < -0.39 is 0 Å². The lowest BCUT2D eigenvalue weighted by Crippen LogP contribution is -2.43. The number of carbonyl (C=O) groups excluding carboxylic acids is 2. The van der Waals surface area contributed by atoms with Crippen molar-refractivity contribution in [3.63, 3.8) is 0 Å². The Morgan fingerprint density at radius 3 is 2.00 bits per heavy atom. The highest BCUT2D eigenvalue weighted by Gasteiger charge is 2.61. The average molecular weight is 208 g/mol. The van der Waals surface area contributed by atoms with Gasteiger partial charge in [0.25, 0.3) is 11.8 Å². The van der Waals surface area contributed by atoms with Gasteiger partial charge in [0, 0.05) is 14.1 Å². The lowest BCUT2D eigenvalue weighted by Gasteiger charge is -2.23. The summed E-state index contributed by atoms with van der Waals surface area (Å²) in [6.45, 7) is 0. The van der Waals surface area contributed by atoms with E-state index in [0.29, 0.717) is 0 Å². The summed E-state index contributed by atoms with van der Waals surface area (Å²) in [5.41, 5.74) is 0. The van der Waals surface area contributed by atoms with Gasteiger partial charge in [0.05, 0.1) is 24.0 Å². The smallest absolute Gasteiger partial charge is 0.250 e. The van der Waals surface area contributed by atoms with Crippen LogP contribution in [0.4, 0.5) is 0 Å². The standard InChI is InChI=1S/C10H12N2O3/c1-11(2)12-9(13)7-5-3-4-6(15-5)8(7)10(12)14/h3-8H,1-2H3/t5-,6-,7-,8+/m0/s1. The Balaban J connectivity index is 2.00. The van der Waals surface area contributed by atoms with Gasteiger partial charge in [-0.05, 0) is 0 Å². The molecule has 4 atom stereocenters. The Labute approximate surface area is 87.2 Å². The third kappa shape index (κ3) is 0.943. The van der Waals surface area contributed by atoms with E-state index in [0.717, 1.165) is 0 Å². The molecule has 0 saturated carbocycles. The molecule has 80 valence electrons. The molecule has 0 aromatic heterocycles.